The molecule has 0 saturated heterocycles. The predicted octanol–water partition coefficient (Wildman–Crippen LogP) is 3.14. The van der Waals surface area contributed by atoms with Crippen LogP contribution in [0.2, 0.25) is 0 Å². The number of carbonyl (C=O) groups excluding carboxylic acids is 1. The third-order valence-corrected chi connectivity index (χ3v) is 4.44. The van der Waals surface area contributed by atoms with Gasteiger partial charge in [0.1, 0.15) is 0 Å². The number of nitrogens with zero attached hydrogens (tertiary/aromatic N) is 3. The Morgan fingerprint density at radius 3 is 2.61 bits per heavy atom. The van der Waals surface area contributed by atoms with Crippen LogP contribution < -0.4 is 10.9 Å². The number of imidazole rings is 1. The summed E-state index contributed by atoms with van der Waals surface area (Å²) in [6.45, 7) is 0. The highest BCUT2D eigenvalue weighted by Crippen LogP contribution is 2.27. The second-order valence-corrected chi connectivity index (χ2v) is 6.60. The van der Waals surface area contributed by atoms with Gasteiger partial charge in [0, 0.05) is 55.6 Å². The Balaban J connectivity index is 1.67. The van der Waals surface area contributed by atoms with E-state index in [0.717, 1.165) is 28.3 Å². The summed E-state index contributed by atoms with van der Waals surface area (Å²) in [6.07, 6.45) is 5.20. The summed E-state index contributed by atoms with van der Waals surface area (Å²) < 4.78 is 1.93. The zero-order chi connectivity index (χ0) is 19.7. The van der Waals surface area contributed by atoms with Crippen LogP contribution in [-0.4, -0.2) is 39.3 Å². The van der Waals surface area contributed by atoms with Gasteiger partial charge >= 0.3 is 0 Å². The van der Waals surface area contributed by atoms with Gasteiger partial charge in [0.05, 0.1) is 11.4 Å². The SMILES string of the molecule is CN(C)C(=O)c1ccc(Nc2ccc(-c3cc[nH]c(=O)c3)n3ccnc23)cc1. The molecule has 7 heteroatoms. The molecule has 140 valence electrons. The summed E-state index contributed by atoms with van der Waals surface area (Å²) in [5.74, 6) is -0.0376. The summed E-state index contributed by atoms with van der Waals surface area (Å²) >= 11 is 0. The van der Waals surface area contributed by atoms with E-state index in [9.17, 15) is 9.59 Å². The number of aromatic nitrogens is 3. The Bertz CT molecular complexity index is 1210. The number of pyridine rings is 2. The van der Waals surface area contributed by atoms with Crippen molar-refractivity contribution in [1.29, 1.82) is 0 Å². The molecule has 4 rings (SSSR count). The number of hydrogen-bond acceptors (Lipinski definition) is 4. The largest absolute Gasteiger partial charge is 0.352 e. The number of fused-ring (bicyclic) bond motifs is 1. The van der Waals surface area contributed by atoms with Crippen molar-refractivity contribution in [2.24, 2.45) is 0 Å². The third-order valence-electron chi connectivity index (χ3n) is 4.44. The van der Waals surface area contributed by atoms with Crippen molar-refractivity contribution < 1.29 is 4.79 Å². The van der Waals surface area contributed by atoms with Gasteiger partial charge in [-0.3, -0.25) is 14.0 Å². The molecule has 0 aliphatic heterocycles. The van der Waals surface area contributed by atoms with Crippen LogP contribution in [0.5, 0.6) is 0 Å². The zero-order valence-electron chi connectivity index (χ0n) is 15.5. The van der Waals surface area contributed by atoms with Gasteiger partial charge in [-0.15, -0.1) is 0 Å². The van der Waals surface area contributed by atoms with Crippen LogP contribution in [0.15, 0.2) is 71.9 Å². The first kappa shape index (κ1) is 17.5. The Kier molecular flexibility index (Phi) is 4.41. The lowest BCUT2D eigenvalue weighted by Crippen LogP contribution is -2.21. The third kappa shape index (κ3) is 3.25. The second-order valence-electron chi connectivity index (χ2n) is 6.60. The number of H-pyrrole nitrogens is 1. The fourth-order valence-electron chi connectivity index (χ4n) is 3.06. The van der Waals surface area contributed by atoms with E-state index >= 15 is 0 Å². The number of nitrogens with one attached hydrogen (secondary N) is 2. The van der Waals surface area contributed by atoms with Crippen LogP contribution in [0, 0.1) is 0 Å². The summed E-state index contributed by atoms with van der Waals surface area (Å²) in [5, 5.41) is 3.34. The number of amides is 1. The van der Waals surface area contributed by atoms with Crippen LogP contribution in [0.1, 0.15) is 10.4 Å². The minimum absolute atomic E-state index is 0.0376. The average Bonchev–Trinajstić information content (AvgIpc) is 3.18. The van der Waals surface area contributed by atoms with Crippen molar-refractivity contribution in [1.82, 2.24) is 19.3 Å². The maximum Gasteiger partial charge on any atom is 0.253 e. The van der Waals surface area contributed by atoms with Crippen molar-refractivity contribution in [2.45, 2.75) is 0 Å². The molecule has 28 heavy (non-hydrogen) atoms. The molecular weight excluding hydrogens is 354 g/mol. The number of aromatic amines is 1. The number of rotatable bonds is 4. The molecule has 0 saturated carbocycles. The number of carbonyl (C=O) groups is 1. The molecule has 0 aliphatic carbocycles. The van der Waals surface area contributed by atoms with E-state index in [0.29, 0.717) is 5.56 Å². The number of hydrogen-bond donors (Lipinski definition) is 2. The van der Waals surface area contributed by atoms with E-state index in [1.54, 1.807) is 49.6 Å². The molecule has 3 heterocycles. The first-order chi connectivity index (χ1) is 13.5. The quantitative estimate of drug-likeness (QED) is 0.576. The molecule has 1 aromatic carbocycles. The van der Waals surface area contributed by atoms with Crippen LogP contribution in [-0.2, 0) is 0 Å². The van der Waals surface area contributed by atoms with Crippen molar-refractivity contribution in [2.75, 3.05) is 19.4 Å². The van der Waals surface area contributed by atoms with E-state index in [4.69, 9.17) is 0 Å². The first-order valence-electron chi connectivity index (χ1n) is 8.77. The monoisotopic (exact) mass is 373 g/mol. The predicted molar refractivity (Wildman–Crippen MR) is 109 cm³/mol. The van der Waals surface area contributed by atoms with E-state index < -0.39 is 0 Å². The Morgan fingerprint density at radius 2 is 1.89 bits per heavy atom. The van der Waals surface area contributed by atoms with Gasteiger partial charge in [0.25, 0.3) is 5.91 Å². The number of benzene rings is 1. The van der Waals surface area contributed by atoms with E-state index in [1.807, 2.05) is 40.9 Å². The first-order valence-corrected chi connectivity index (χ1v) is 8.77. The van der Waals surface area contributed by atoms with Gasteiger partial charge in [0.15, 0.2) is 5.65 Å². The lowest BCUT2D eigenvalue weighted by atomic mass is 10.1. The Morgan fingerprint density at radius 1 is 1.11 bits per heavy atom. The molecule has 0 spiro atoms. The van der Waals surface area contributed by atoms with Gasteiger partial charge in [-0.1, -0.05) is 0 Å². The smallest absolute Gasteiger partial charge is 0.253 e. The van der Waals surface area contributed by atoms with E-state index in [2.05, 4.69) is 15.3 Å². The standard InChI is InChI=1S/C21H19N5O2/c1-25(2)21(28)14-3-5-16(6-4-14)24-17-7-8-18(26-12-11-23-20(17)26)15-9-10-22-19(27)13-15/h3-13,24H,1-2H3,(H,22,27). The van der Waals surface area contributed by atoms with E-state index in [1.165, 1.54) is 0 Å². The second kappa shape index (κ2) is 7.03. The lowest BCUT2D eigenvalue weighted by molar-refractivity contribution is 0.0827. The van der Waals surface area contributed by atoms with E-state index in [-0.39, 0.29) is 11.5 Å². The molecule has 0 radical (unpaired) electrons. The maximum absolute atomic E-state index is 12.0. The minimum atomic E-state index is -0.152. The van der Waals surface area contributed by atoms with Gasteiger partial charge in [-0.25, -0.2) is 4.98 Å². The Labute approximate surface area is 161 Å². The summed E-state index contributed by atoms with van der Waals surface area (Å²) in [5.41, 5.74) is 4.58. The van der Waals surface area contributed by atoms with Crippen LogP contribution in [0.25, 0.3) is 16.9 Å². The van der Waals surface area contributed by atoms with Crippen molar-refractivity contribution in [3.05, 3.63) is 83.0 Å². The Hall–Kier alpha value is -3.87. The fourth-order valence-corrected chi connectivity index (χ4v) is 3.06. The highest BCUT2D eigenvalue weighted by molar-refractivity contribution is 5.94. The van der Waals surface area contributed by atoms with Gasteiger partial charge in [-0.2, -0.15) is 0 Å². The summed E-state index contributed by atoms with van der Waals surface area (Å²) in [6, 6.07) is 14.6. The molecular formula is C21H19N5O2. The van der Waals surface area contributed by atoms with Crippen molar-refractivity contribution >= 4 is 22.9 Å². The molecule has 0 aliphatic rings. The van der Waals surface area contributed by atoms with Crippen molar-refractivity contribution in [3.63, 3.8) is 0 Å². The molecule has 0 atom stereocenters. The lowest BCUT2D eigenvalue weighted by Gasteiger charge is -2.13. The average molecular weight is 373 g/mol. The van der Waals surface area contributed by atoms with Gasteiger partial charge in [-0.05, 0) is 42.5 Å². The molecule has 4 aromatic rings. The molecule has 0 unspecified atom stereocenters. The van der Waals surface area contributed by atoms with Crippen LogP contribution in [0.3, 0.4) is 0 Å². The van der Waals surface area contributed by atoms with Gasteiger partial charge < -0.3 is 15.2 Å². The zero-order valence-corrected chi connectivity index (χ0v) is 15.5. The topological polar surface area (TPSA) is 82.5 Å². The highest BCUT2D eigenvalue weighted by Gasteiger charge is 2.11. The molecule has 0 fully saturated rings. The molecule has 0 bridgehead atoms. The van der Waals surface area contributed by atoms with Crippen LogP contribution in [0.4, 0.5) is 11.4 Å². The maximum atomic E-state index is 12.0. The normalized spacial score (nSPS) is 10.8. The fraction of sp³-hybridized carbons (Fsp3) is 0.0952. The summed E-state index contributed by atoms with van der Waals surface area (Å²) in [7, 11) is 3.46. The van der Waals surface area contributed by atoms with Gasteiger partial charge in [0.2, 0.25) is 5.56 Å². The molecule has 2 N–H and O–H groups in total. The minimum Gasteiger partial charge on any atom is -0.352 e. The van der Waals surface area contributed by atoms with Crippen LogP contribution >= 0.6 is 0 Å². The van der Waals surface area contributed by atoms with Crippen molar-refractivity contribution in [3.8, 4) is 11.3 Å². The molecule has 7 nitrogen and oxygen atoms in total. The molecule has 3 aromatic heterocycles. The number of anilines is 2. The molecule has 1 amide bonds. The summed E-state index contributed by atoms with van der Waals surface area (Å²) in [4.78, 5) is 32.3. The highest BCUT2D eigenvalue weighted by atomic mass is 16.2.